The fourth-order valence-electron chi connectivity index (χ4n) is 3.38. The van der Waals surface area contributed by atoms with Crippen molar-refractivity contribution in [2.24, 2.45) is 5.92 Å². The number of aromatic amines is 1. The number of carbonyl (C=O) groups excluding carboxylic acids is 1. The fraction of sp³-hybridized carbons (Fsp3) is 0.550. The number of aromatic nitrogens is 3. The number of aryl methyl sites for hydroxylation is 1. The van der Waals surface area contributed by atoms with Crippen molar-refractivity contribution in [3.63, 3.8) is 0 Å². The standard InChI is InChI=1S/C20H29N5OS/c1-14(19(26)21-16-9-11-17(12-10-16)25(2)3)27-20-22-18(23-24-20)13-8-15-6-4-5-7-15/h9-12,14-15H,4-8,13H2,1-3H3,(H,21,26)(H,22,23,24)/t14-/m0/s1. The molecule has 2 N–H and O–H groups in total. The van der Waals surface area contributed by atoms with Gasteiger partial charge in [0.15, 0.2) is 0 Å². The molecule has 1 aromatic heterocycles. The van der Waals surface area contributed by atoms with Crippen molar-refractivity contribution in [2.75, 3.05) is 24.3 Å². The van der Waals surface area contributed by atoms with Crippen LogP contribution in [0, 0.1) is 5.92 Å². The number of nitrogens with one attached hydrogen (secondary N) is 2. The molecule has 1 atom stereocenters. The summed E-state index contributed by atoms with van der Waals surface area (Å²) in [5.41, 5.74) is 1.89. The quantitative estimate of drug-likeness (QED) is 0.667. The summed E-state index contributed by atoms with van der Waals surface area (Å²) in [6.45, 7) is 1.88. The predicted molar refractivity (Wildman–Crippen MR) is 111 cm³/mol. The number of thioether (sulfide) groups is 1. The van der Waals surface area contributed by atoms with Crippen LogP contribution in [-0.4, -0.2) is 40.4 Å². The van der Waals surface area contributed by atoms with E-state index < -0.39 is 0 Å². The lowest BCUT2D eigenvalue weighted by molar-refractivity contribution is -0.115. The van der Waals surface area contributed by atoms with Crippen LogP contribution < -0.4 is 10.2 Å². The van der Waals surface area contributed by atoms with Crippen molar-refractivity contribution >= 4 is 29.0 Å². The van der Waals surface area contributed by atoms with Crippen molar-refractivity contribution in [1.82, 2.24) is 15.2 Å². The minimum atomic E-state index is -0.267. The molecule has 0 saturated heterocycles. The molecule has 0 spiro atoms. The van der Waals surface area contributed by atoms with Gasteiger partial charge in [-0.25, -0.2) is 4.98 Å². The first-order valence-corrected chi connectivity index (χ1v) is 10.6. The van der Waals surface area contributed by atoms with Gasteiger partial charge in [-0.1, -0.05) is 37.4 Å². The molecule has 1 amide bonds. The van der Waals surface area contributed by atoms with E-state index in [1.54, 1.807) is 0 Å². The van der Waals surface area contributed by atoms with E-state index in [0.29, 0.717) is 5.16 Å². The highest BCUT2D eigenvalue weighted by Gasteiger charge is 2.19. The topological polar surface area (TPSA) is 73.9 Å². The molecule has 0 bridgehead atoms. The van der Waals surface area contributed by atoms with Crippen molar-refractivity contribution < 1.29 is 4.79 Å². The number of carbonyl (C=O) groups is 1. The fourth-order valence-corrected chi connectivity index (χ4v) is 4.12. The Kier molecular flexibility index (Phi) is 6.77. The molecule has 1 aliphatic carbocycles. The molecule has 27 heavy (non-hydrogen) atoms. The average molecular weight is 388 g/mol. The van der Waals surface area contributed by atoms with Crippen molar-refractivity contribution in [2.45, 2.75) is 55.9 Å². The zero-order valence-electron chi connectivity index (χ0n) is 16.4. The predicted octanol–water partition coefficient (Wildman–Crippen LogP) is 4.11. The Morgan fingerprint density at radius 2 is 2.00 bits per heavy atom. The second kappa shape index (κ2) is 9.26. The van der Waals surface area contributed by atoms with E-state index in [4.69, 9.17) is 0 Å². The first-order valence-electron chi connectivity index (χ1n) is 9.67. The SMILES string of the molecule is C[C@H](Sc1n[nH]c(CCC2CCCC2)n1)C(=O)Nc1ccc(N(C)C)cc1. The minimum Gasteiger partial charge on any atom is -0.378 e. The molecule has 2 aromatic rings. The third-order valence-corrected chi connectivity index (χ3v) is 6.04. The Morgan fingerprint density at radius 3 is 2.67 bits per heavy atom. The average Bonchev–Trinajstić information content (AvgIpc) is 3.32. The van der Waals surface area contributed by atoms with Crippen LogP contribution in [-0.2, 0) is 11.2 Å². The highest BCUT2D eigenvalue weighted by Crippen LogP contribution is 2.28. The van der Waals surface area contributed by atoms with Crippen LogP contribution in [0.15, 0.2) is 29.4 Å². The maximum absolute atomic E-state index is 12.4. The van der Waals surface area contributed by atoms with Gasteiger partial charge in [0, 0.05) is 31.9 Å². The molecule has 0 unspecified atom stereocenters. The second-order valence-corrected chi connectivity index (χ2v) is 8.75. The van der Waals surface area contributed by atoms with E-state index in [2.05, 4.69) is 20.5 Å². The third kappa shape index (κ3) is 5.73. The number of rotatable bonds is 8. The van der Waals surface area contributed by atoms with Crippen LogP contribution in [0.2, 0.25) is 0 Å². The van der Waals surface area contributed by atoms with Gasteiger partial charge in [-0.3, -0.25) is 9.89 Å². The molecule has 0 radical (unpaired) electrons. The molecule has 3 rings (SSSR count). The molecular formula is C20H29N5OS. The molecule has 0 aliphatic heterocycles. The lowest BCUT2D eigenvalue weighted by Crippen LogP contribution is -2.22. The van der Waals surface area contributed by atoms with E-state index in [-0.39, 0.29) is 11.2 Å². The molecule has 146 valence electrons. The summed E-state index contributed by atoms with van der Waals surface area (Å²) in [7, 11) is 3.98. The van der Waals surface area contributed by atoms with Gasteiger partial charge in [-0.05, 0) is 43.5 Å². The molecule has 1 aromatic carbocycles. The van der Waals surface area contributed by atoms with Crippen LogP contribution in [0.3, 0.4) is 0 Å². The number of anilines is 2. The lowest BCUT2D eigenvalue weighted by Gasteiger charge is -2.14. The van der Waals surface area contributed by atoms with Gasteiger partial charge in [0.2, 0.25) is 11.1 Å². The summed E-state index contributed by atoms with van der Waals surface area (Å²) in [4.78, 5) is 19.0. The zero-order chi connectivity index (χ0) is 19.2. The Labute approximate surface area is 165 Å². The van der Waals surface area contributed by atoms with Gasteiger partial charge >= 0.3 is 0 Å². The molecule has 6 nitrogen and oxygen atoms in total. The van der Waals surface area contributed by atoms with Crippen LogP contribution >= 0.6 is 11.8 Å². The maximum Gasteiger partial charge on any atom is 0.237 e. The van der Waals surface area contributed by atoms with Gasteiger partial charge < -0.3 is 10.2 Å². The number of H-pyrrole nitrogens is 1. The van der Waals surface area contributed by atoms with Gasteiger partial charge in [0.1, 0.15) is 5.82 Å². The van der Waals surface area contributed by atoms with E-state index in [9.17, 15) is 4.79 Å². The lowest BCUT2D eigenvalue weighted by atomic mass is 10.0. The summed E-state index contributed by atoms with van der Waals surface area (Å²) >= 11 is 1.38. The van der Waals surface area contributed by atoms with E-state index in [0.717, 1.165) is 29.5 Å². The number of benzene rings is 1. The normalized spacial score (nSPS) is 15.7. The van der Waals surface area contributed by atoms with Gasteiger partial charge in [-0.15, -0.1) is 5.10 Å². The number of hydrogen-bond donors (Lipinski definition) is 2. The largest absolute Gasteiger partial charge is 0.378 e. The van der Waals surface area contributed by atoms with Crippen molar-refractivity contribution in [3.8, 4) is 0 Å². The zero-order valence-corrected chi connectivity index (χ0v) is 17.2. The van der Waals surface area contributed by atoms with Crippen molar-refractivity contribution in [3.05, 3.63) is 30.1 Å². The van der Waals surface area contributed by atoms with E-state index in [1.165, 1.54) is 43.9 Å². The third-order valence-electron chi connectivity index (χ3n) is 5.08. The smallest absolute Gasteiger partial charge is 0.237 e. The number of nitrogens with zero attached hydrogens (tertiary/aromatic N) is 3. The Bertz CT molecular complexity index is 737. The van der Waals surface area contributed by atoms with Crippen LogP contribution in [0.1, 0.15) is 44.9 Å². The number of amides is 1. The van der Waals surface area contributed by atoms with Crippen LogP contribution in [0.5, 0.6) is 0 Å². The summed E-state index contributed by atoms with van der Waals surface area (Å²) in [6, 6.07) is 7.80. The number of hydrogen-bond acceptors (Lipinski definition) is 5. The first kappa shape index (κ1) is 19.7. The first-order chi connectivity index (χ1) is 13.0. The summed E-state index contributed by atoms with van der Waals surface area (Å²) < 4.78 is 0. The highest BCUT2D eigenvalue weighted by atomic mass is 32.2. The maximum atomic E-state index is 12.4. The molecular weight excluding hydrogens is 358 g/mol. The summed E-state index contributed by atoms with van der Waals surface area (Å²) in [5, 5.41) is 10.6. The second-order valence-electron chi connectivity index (χ2n) is 7.44. The molecule has 1 fully saturated rings. The summed E-state index contributed by atoms with van der Waals surface area (Å²) in [5.74, 6) is 1.72. The monoisotopic (exact) mass is 387 g/mol. The molecule has 1 aliphatic rings. The van der Waals surface area contributed by atoms with Crippen molar-refractivity contribution in [1.29, 1.82) is 0 Å². The van der Waals surface area contributed by atoms with Gasteiger partial charge in [0.25, 0.3) is 0 Å². The molecule has 7 heteroatoms. The van der Waals surface area contributed by atoms with Gasteiger partial charge in [0.05, 0.1) is 5.25 Å². The Balaban J connectivity index is 1.47. The Morgan fingerprint density at radius 1 is 1.30 bits per heavy atom. The molecule has 1 saturated carbocycles. The highest BCUT2D eigenvalue weighted by molar-refractivity contribution is 8.00. The van der Waals surface area contributed by atoms with E-state index >= 15 is 0 Å². The molecule has 1 heterocycles. The minimum absolute atomic E-state index is 0.0464. The van der Waals surface area contributed by atoms with Crippen LogP contribution in [0.25, 0.3) is 0 Å². The van der Waals surface area contributed by atoms with Crippen LogP contribution in [0.4, 0.5) is 11.4 Å². The Hall–Kier alpha value is -2.02. The summed E-state index contributed by atoms with van der Waals surface area (Å²) in [6.07, 6.45) is 7.56. The van der Waals surface area contributed by atoms with E-state index in [1.807, 2.05) is 50.2 Å². The van der Waals surface area contributed by atoms with Gasteiger partial charge in [-0.2, -0.15) is 0 Å².